The van der Waals surface area contributed by atoms with Crippen molar-refractivity contribution in [2.75, 3.05) is 14.2 Å². The van der Waals surface area contributed by atoms with E-state index in [1.807, 2.05) is 12.1 Å². The Hall–Kier alpha value is -1.42. The highest BCUT2D eigenvalue weighted by molar-refractivity contribution is 5.51. The summed E-state index contributed by atoms with van der Waals surface area (Å²) in [6.45, 7) is 0.669. The first kappa shape index (κ1) is 8.19. The number of nitrogens with one attached hydrogen (secondary N) is 1. The number of hydrogen-bond donors (Lipinski definition) is 1. The minimum Gasteiger partial charge on any atom is -0.496 e. The summed E-state index contributed by atoms with van der Waals surface area (Å²) in [5, 5.41) is 0. The molecule has 4 nitrogen and oxygen atoms in total. The van der Waals surface area contributed by atoms with Gasteiger partial charge < -0.3 is 14.3 Å². The molecule has 1 heterocycles. The summed E-state index contributed by atoms with van der Waals surface area (Å²) in [4.78, 5) is 5.17. The van der Waals surface area contributed by atoms with Gasteiger partial charge in [0.2, 0.25) is 0 Å². The maximum absolute atomic E-state index is 5.20. The average molecular weight is 181 g/mol. The Labute approximate surface area is 76.4 Å². The molecule has 0 fully saturated rings. The van der Waals surface area contributed by atoms with Crippen LogP contribution in [-0.4, -0.2) is 14.2 Å². The summed E-state index contributed by atoms with van der Waals surface area (Å²) in [5.41, 5.74) is 3.81. The topological polar surface area (TPSA) is 39.7 Å². The predicted octanol–water partition coefficient (Wildman–Crippen LogP) is 1.10. The quantitative estimate of drug-likeness (QED) is 0.741. The zero-order valence-corrected chi connectivity index (χ0v) is 7.59. The van der Waals surface area contributed by atoms with Crippen molar-refractivity contribution in [1.29, 1.82) is 0 Å². The summed E-state index contributed by atoms with van der Waals surface area (Å²) >= 11 is 0. The Morgan fingerprint density at radius 1 is 1.31 bits per heavy atom. The van der Waals surface area contributed by atoms with Crippen molar-refractivity contribution in [3.63, 3.8) is 0 Å². The molecule has 1 aliphatic heterocycles. The normalized spacial score (nSPS) is 13.4. The molecule has 0 atom stereocenters. The summed E-state index contributed by atoms with van der Waals surface area (Å²) in [5.74, 6) is 2.30. The monoisotopic (exact) mass is 181 g/mol. The van der Waals surface area contributed by atoms with Gasteiger partial charge >= 0.3 is 0 Å². The SMILES string of the molecule is COc1cc(OC)c2c(c1)ONC2. The zero-order valence-electron chi connectivity index (χ0n) is 7.59. The highest BCUT2D eigenvalue weighted by Crippen LogP contribution is 2.35. The zero-order chi connectivity index (χ0) is 9.26. The third-order valence-electron chi connectivity index (χ3n) is 2.03. The number of hydroxylamine groups is 1. The Bertz CT molecular complexity index is 325. The second kappa shape index (κ2) is 3.14. The minimum absolute atomic E-state index is 0.669. The number of benzene rings is 1. The van der Waals surface area contributed by atoms with Crippen molar-refractivity contribution in [1.82, 2.24) is 5.48 Å². The van der Waals surface area contributed by atoms with Gasteiger partial charge in [-0.25, -0.2) is 0 Å². The third kappa shape index (κ3) is 1.29. The molecule has 0 spiro atoms. The molecule has 13 heavy (non-hydrogen) atoms. The molecule has 0 saturated carbocycles. The van der Waals surface area contributed by atoms with Gasteiger partial charge in [-0.15, -0.1) is 0 Å². The predicted molar refractivity (Wildman–Crippen MR) is 47.0 cm³/mol. The van der Waals surface area contributed by atoms with Crippen LogP contribution in [0.25, 0.3) is 0 Å². The van der Waals surface area contributed by atoms with E-state index in [1.165, 1.54) is 0 Å². The van der Waals surface area contributed by atoms with Crippen molar-refractivity contribution < 1.29 is 14.3 Å². The molecule has 1 aromatic carbocycles. The van der Waals surface area contributed by atoms with Crippen molar-refractivity contribution in [2.45, 2.75) is 6.54 Å². The molecule has 0 aliphatic carbocycles. The van der Waals surface area contributed by atoms with E-state index >= 15 is 0 Å². The van der Waals surface area contributed by atoms with Gasteiger partial charge in [0.15, 0.2) is 5.75 Å². The number of methoxy groups -OCH3 is 2. The molecule has 0 unspecified atom stereocenters. The van der Waals surface area contributed by atoms with E-state index in [9.17, 15) is 0 Å². The Morgan fingerprint density at radius 3 is 2.85 bits per heavy atom. The fourth-order valence-electron chi connectivity index (χ4n) is 1.35. The maximum atomic E-state index is 5.20. The molecule has 0 radical (unpaired) electrons. The van der Waals surface area contributed by atoms with Gasteiger partial charge in [0, 0.05) is 12.1 Å². The van der Waals surface area contributed by atoms with Crippen LogP contribution < -0.4 is 19.8 Å². The van der Waals surface area contributed by atoms with Gasteiger partial charge in [-0.05, 0) is 0 Å². The van der Waals surface area contributed by atoms with E-state index in [-0.39, 0.29) is 0 Å². The number of fused-ring (bicyclic) bond motifs is 1. The van der Waals surface area contributed by atoms with Gasteiger partial charge in [0.1, 0.15) is 11.5 Å². The third-order valence-corrected chi connectivity index (χ3v) is 2.03. The standard InChI is InChI=1S/C9H11NO3/c1-11-6-3-8(12-2)7-5-10-13-9(7)4-6/h3-4,10H,5H2,1-2H3. The van der Waals surface area contributed by atoms with Crippen LogP contribution in [0.2, 0.25) is 0 Å². The van der Waals surface area contributed by atoms with Gasteiger partial charge in [-0.2, -0.15) is 5.48 Å². The van der Waals surface area contributed by atoms with E-state index in [0.29, 0.717) is 6.54 Å². The van der Waals surface area contributed by atoms with E-state index in [0.717, 1.165) is 22.8 Å². The first-order chi connectivity index (χ1) is 6.35. The molecule has 1 aliphatic rings. The second-order valence-electron chi connectivity index (χ2n) is 2.73. The molecular weight excluding hydrogens is 170 g/mol. The average Bonchev–Trinajstić information content (AvgIpc) is 2.63. The molecule has 4 heteroatoms. The molecule has 0 bridgehead atoms. The van der Waals surface area contributed by atoms with Crippen molar-refractivity contribution in [2.24, 2.45) is 0 Å². The first-order valence-electron chi connectivity index (χ1n) is 3.99. The second-order valence-corrected chi connectivity index (χ2v) is 2.73. The number of rotatable bonds is 2. The molecule has 1 N–H and O–H groups in total. The van der Waals surface area contributed by atoms with E-state index in [2.05, 4.69) is 5.48 Å². The van der Waals surface area contributed by atoms with Crippen LogP contribution in [-0.2, 0) is 6.54 Å². The summed E-state index contributed by atoms with van der Waals surface area (Å²) in [6.07, 6.45) is 0. The maximum Gasteiger partial charge on any atom is 0.159 e. The number of hydrogen-bond acceptors (Lipinski definition) is 4. The van der Waals surface area contributed by atoms with Crippen molar-refractivity contribution in [3.8, 4) is 17.2 Å². The van der Waals surface area contributed by atoms with E-state index in [4.69, 9.17) is 14.3 Å². The molecule has 0 amide bonds. The largest absolute Gasteiger partial charge is 0.496 e. The molecule has 70 valence electrons. The lowest BCUT2D eigenvalue weighted by Gasteiger charge is -2.07. The Morgan fingerprint density at radius 2 is 2.15 bits per heavy atom. The van der Waals surface area contributed by atoms with Crippen LogP contribution in [0.15, 0.2) is 12.1 Å². The summed E-state index contributed by atoms with van der Waals surface area (Å²) < 4.78 is 10.3. The smallest absolute Gasteiger partial charge is 0.159 e. The number of ether oxygens (including phenoxy) is 2. The van der Waals surface area contributed by atoms with Gasteiger partial charge in [-0.3, -0.25) is 0 Å². The molecule has 0 aromatic heterocycles. The fourth-order valence-corrected chi connectivity index (χ4v) is 1.35. The molecular formula is C9H11NO3. The Kier molecular flexibility index (Phi) is 1.98. The van der Waals surface area contributed by atoms with Gasteiger partial charge in [0.25, 0.3) is 0 Å². The first-order valence-corrected chi connectivity index (χ1v) is 3.99. The van der Waals surface area contributed by atoms with Crippen LogP contribution in [0.3, 0.4) is 0 Å². The van der Waals surface area contributed by atoms with Gasteiger partial charge in [0.05, 0.1) is 26.3 Å². The molecule has 0 saturated heterocycles. The van der Waals surface area contributed by atoms with E-state index in [1.54, 1.807) is 14.2 Å². The van der Waals surface area contributed by atoms with Crippen LogP contribution in [0.4, 0.5) is 0 Å². The van der Waals surface area contributed by atoms with E-state index < -0.39 is 0 Å². The lowest BCUT2D eigenvalue weighted by molar-refractivity contribution is 0.223. The molecule has 2 rings (SSSR count). The fraction of sp³-hybridized carbons (Fsp3) is 0.333. The molecule has 1 aromatic rings. The lowest BCUT2D eigenvalue weighted by Crippen LogP contribution is -2.07. The van der Waals surface area contributed by atoms with Crippen LogP contribution >= 0.6 is 0 Å². The van der Waals surface area contributed by atoms with Gasteiger partial charge in [-0.1, -0.05) is 0 Å². The van der Waals surface area contributed by atoms with Crippen molar-refractivity contribution in [3.05, 3.63) is 17.7 Å². The summed E-state index contributed by atoms with van der Waals surface area (Å²) in [6, 6.07) is 3.67. The van der Waals surface area contributed by atoms with Crippen molar-refractivity contribution >= 4 is 0 Å². The summed E-state index contributed by atoms with van der Waals surface area (Å²) in [7, 11) is 3.25. The Balaban J connectivity index is 2.49. The van der Waals surface area contributed by atoms with Crippen LogP contribution in [0.5, 0.6) is 17.2 Å². The lowest BCUT2D eigenvalue weighted by atomic mass is 10.2. The minimum atomic E-state index is 0.669. The highest BCUT2D eigenvalue weighted by Gasteiger charge is 2.18. The highest BCUT2D eigenvalue weighted by atomic mass is 16.7. The van der Waals surface area contributed by atoms with Crippen LogP contribution in [0.1, 0.15) is 5.56 Å². The van der Waals surface area contributed by atoms with Crippen LogP contribution in [0, 0.1) is 0 Å².